The van der Waals surface area contributed by atoms with Crippen LogP contribution in [0.5, 0.6) is 0 Å². The molecule has 3 atom stereocenters. The highest BCUT2D eigenvalue weighted by atomic mass is 16.5. The highest BCUT2D eigenvalue weighted by Gasteiger charge is 2.28. The zero-order valence-corrected chi connectivity index (χ0v) is 23.7. The Kier molecular flexibility index (Phi) is 13.3. The Morgan fingerprint density at radius 3 is 2.10 bits per heavy atom. The first kappa shape index (κ1) is 31.8. The van der Waals surface area contributed by atoms with Gasteiger partial charge in [0, 0.05) is 26.1 Å². The van der Waals surface area contributed by atoms with Crippen molar-refractivity contribution in [2.75, 3.05) is 39.4 Å². The molecule has 4 N–H and O–H groups in total. The molecule has 1 saturated heterocycles. The van der Waals surface area contributed by atoms with E-state index < -0.39 is 29.9 Å². The van der Waals surface area contributed by atoms with Crippen LogP contribution in [0, 0.1) is 5.92 Å². The van der Waals surface area contributed by atoms with E-state index in [0.29, 0.717) is 52.0 Å². The largest absolute Gasteiger partial charge is 0.480 e. The molecular weight excluding hydrogens is 524 g/mol. The number of rotatable bonds is 16. The Labute approximate surface area is 241 Å². The van der Waals surface area contributed by atoms with Gasteiger partial charge in [-0.3, -0.25) is 19.3 Å². The number of benzene rings is 2. The summed E-state index contributed by atoms with van der Waals surface area (Å²) in [5.74, 6) is -2.77. The first-order valence-electron chi connectivity index (χ1n) is 14.3. The summed E-state index contributed by atoms with van der Waals surface area (Å²) in [6.07, 6.45) is 2.30. The van der Waals surface area contributed by atoms with E-state index in [-0.39, 0.29) is 31.3 Å². The molecular formula is C31H42N4O6. The Morgan fingerprint density at radius 2 is 1.49 bits per heavy atom. The zero-order chi connectivity index (χ0) is 29.5. The number of aryl methyl sites for hydroxylation is 1. The van der Waals surface area contributed by atoms with Crippen LogP contribution in [-0.4, -0.2) is 85.2 Å². The SMILES string of the molecule is CCCC(CNC(=O)[C@H](CCc1ccccc1)NC(=O)CN1CCOCC1)C(=O)N[C@@H](Cc1ccccc1)C(=O)O. The van der Waals surface area contributed by atoms with Crippen LogP contribution in [0.2, 0.25) is 0 Å². The van der Waals surface area contributed by atoms with Gasteiger partial charge in [-0.1, -0.05) is 74.0 Å². The first-order chi connectivity index (χ1) is 19.9. The molecule has 1 aliphatic heterocycles. The minimum absolute atomic E-state index is 0.0390. The van der Waals surface area contributed by atoms with Gasteiger partial charge in [-0.25, -0.2) is 4.79 Å². The molecule has 1 heterocycles. The minimum Gasteiger partial charge on any atom is -0.480 e. The molecule has 41 heavy (non-hydrogen) atoms. The number of hydrogen-bond acceptors (Lipinski definition) is 6. The van der Waals surface area contributed by atoms with Crippen LogP contribution in [0.4, 0.5) is 0 Å². The third kappa shape index (κ3) is 11.3. The molecule has 0 bridgehead atoms. The second-order valence-electron chi connectivity index (χ2n) is 10.4. The molecule has 1 aliphatic rings. The number of carboxylic acids is 1. The Bertz CT molecular complexity index is 1110. The number of aliphatic carboxylic acids is 1. The Balaban J connectivity index is 1.61. The maximum Gasteiger partial charge on any atom is 0.326 e. The van der Waals surface area contributed by atoms with Gasteiger partial charge in [-0.05, 0) is 30.4 Å². The molecule has 222 valence electrons. The van der Waals surface area contributed by atoms with Crippen molar-refractivity contribution in [1.29, 1.82) is 0 Å². The standard InChI is InChI=1S/C31H42N4O6/c1-2-9-25(29(37)34-27(31(39)40)20-24-12-7-4-8-13-24)21-32-30(38)26(15-14-23-10-5-3-6-11-23)33-28(36)22-35-16-18-41-19-17-35/h3-8,10-13,25-27H,2,9,14-22H2,1H3,(H,32,38)(H,33,36)(H,34,37)(H,39,40)/t25?,26-,27-/m0/s1. The monoisotopic (exact) mass is 566 g/mol. The quantitative estimate of drug-likeness (QED) is 0.243. The topological polar surface area (TPSA) is 137 Å². The van der Waals surface area contributed by atoms with Crippen LogP contribution in [0.1, 0.15) is 37.3 Å². The van der Waals surface area contributed by atoms with Gasteiger partial charge < -0.3 is 25.8 Å². The highest BCUT2D eigenvalue weighted by molar-refractivity contribution is 5.89. The van der Waals surface area contributed by atoms with Crippen molar-refractivity contribution in [3.8, 4) is 0 Å². The zero-order valence-electron chi connectivity index (χ0n) is 23.7. The summed E-state index contributed by atoms with van der Waals surface area (Å²) in [5.41, 5.74) is 1.85. The lowest BCUT2D eigenvalue weighted by Gasteiger charge is -2.27. The molecule has 1 fully saturated rings. The second-order valence-corrected chi connectivity index (χ2v) is 10.4. The van der Waals surface area contributed by atoms with Crippen molar-refractivity contribution in [2.45, 2.75) is 51.1 Å². The summed E-state index contributed by atoms with van der Waals surface area (Å²) in [6.45, 7) is 4.59. The van der Waals surface area contributed by atoms with E-state index in [1.165, 1.54) is 0 Å². The lowest BCUT2D eigenvalue weighted by atomic mass is 10.00. The van der Waals surface area contributed by atoms with Crippen LogP contribution in [-0.2, 0) is 36.8 Å². The smallest absolute Gasteiger partial charge is 0.326 e. The van der Waals surface area contributed by atoms with Crippen molar-refractivity contribution in [3.05, 3.63) is 71.8 Å². The van der Waals surface area contributed by atoms with E-state index in [1.807, 2.05) is 72.5 Å². The van der Waals surface area contributed by atoms with Crippen LogP contribution in [0.15, 0.2) is 60.7 Å². The summed E-state index contributed by atoms with van der Waals surface area (Å²) in [6, 6.07) is 17.0. The summed E-state index contributed by atoms with van der Waals surface area (Å²) in [5, 5.41) is 18.1. The predicted octanol–water partition coefficient (Wildman–Crippen LogP) is 1.78. The van der Waals surface area contributed by atoms with Crippen LogP contribution >= 0.6 is 0 Å². The number of nitrogens with one attached hydrogen (secondary N) is 3. The average molecular weight is 567 g/mol. The molecule has 10 nitrogen and oxygen atoms in total. The molecule has 10 heteroatoms. The van der Waals surface area contributed by atoms with E-state index in [4.69, 9.17) is 4.74 Å². The van der Waals surface area contributed by atoms with Crippen molar-refractivity contribution >= 4 is 23.7 Å². The molecule has 0 aliphatic carbocycles. The number of nitrogens with zero attached hydrogens (tertiary/aromatic N) is 1. The van der Waals surface area contributed by atoms with Gasteiger partial charge in [0.1, 0.15) is 12.1 Å². The molecule has 0 aromatic heterocycles. The number of carbonyl (C=O) groups is 4. The summed E-state index contributed by atoms with van der Waals surface area (Å²) in [7, 11) is 0. The van der Waals surface area contributed by atoms with Crippen molar-refractivity contribution in [2.24, 2.45) is 5.92 Å². The Hall–Kier alpha value is -3.76. The van der Waals surface area contributed by atoms with Gasteiger partial charge in [-0.15, -0.1) is 0 Å². The van der Waals surface area contributed by atoms with Gasteiger partial charge in [-0.2, -0.15) is 0 Å². The molecule has 3 rings (SSSR count). The van der Waals surface area contributed by atoms with Crippen LogP contribution in [0.25, 0.3) is 0 Å². The fourth-order valence-electron chi connectivity index (χ4n) is 4.79. The number of carboxylic acid groups (broad SMARTS) is 1. The van der Waals surface area contributed by atoms with Gasteiger partial charge in [0.15, 0.2) is 0 Å². The van der Waals surface area contributed by atoms with Crippen LogP contribution in [0.3, 0.4) is 0 Å². The number of morpholine rings is 1. The van der Waals surface area contributed by atoms with E-state index in [2.05, 4.69) is 16.0 Å². The lowest BCUT2D eigenvalue weighted by Crippen LogP contribution is -2.52. The summed E-state index contributed by atoms with van der Waals surface area (Å²) in [4.78, 5) is 53.1. The summed E-state index contributed by atoms with van der Waals surface area (Å²) < 4.78 is 5.35. The number of ether oxygens (including phenoxy) is 1. The Morgan fingerprint density at radius 1 is 0.854 bits per heavy atom. The molecule has 1 unspecified atom stereocenters. The van der Waals surface area contributed by atoms with Crippen molar-refractivity contribution < 1.29 is 29.0 Å². The fourth-order valence-corrected chi connectivity index (χ4v) is 4.79. The average Bonchev–Trinajstić information content (AvgIpc) is 2.98. The molecule has 0 spiro atoms. The van der Waals surface area contributed by atoms with Gasteiger partial charge >= 0.3 is 5.97 Å². The second kappa shape index (κ2) is 17.1. The van der Waals surface area contributed by atoms with Crippen molar-refractivity contribution in [3.63, 3.8) is 0 Å². The predicted molar refractivity (Wildman–Crippen MR) is 155 cm³/mol. The molecule has 2 aromatic carbocycles. The maximum absolute atomic E-state index is 13.3. The number of hydrogen-bond donors (Lipinski definition) is 4. The molecule has 0 saturated carbocycles. The normalized spacial score (nSPS) is 15.7. The lowest BCUT2D eigenvalue weighted by molar-refractivity contribution is -0.142. The minimum atomic E-state index is -1.12. The number of amides is 3. The maximum atomic E-state index is 13.3. The third-order valence-electron chi connectivity index (χ3n) is 7.11. The fraction of sp³-hybridized carbons (Fsp3) is 0.484. The van der Waals surface area contributed by atoms with Gasteiger partial charge in [0.05, 0.1) is 25.7 Å². The molecule has 0 radical (unpaired) electrons. The van der Waals surface area contributed by atoms with E-state index >= 15 is 0 Å². The summed E-state index contributed by atoms with van der Waals surface area (Å²) >= 11 is 0. The van der Waals surface area contributed by atoms with Crippen molar-refractivity contribution in [1.82, 2.24) is 20.9 Å². The van der Waals surface area contributed by atoms with E-state index in [1.54, 1.807) is 0 Å². The van der Waals surface area contributed by atoms with Gasteiger partial charge in [0.25, 0.3) is 0 Å². The van der Waals surface area contributed by atoms with Gasteiger partial charge in [0.2, 0.25) is 17.7 Å². The van der Waals surface area contributed by atoms with E-state index in [0.717, 1.165) is 11.1 Å². The van der Waals surface area contributed by atoms with E-state index in [9.17, 15) is 24.3 Å². The molecule has 3 amide bonds. The first-order valence-corrected chi connectivity index (χ1v) is 14.3. The highest BCUT2D eigenvalue weighted by Crippen LogP contribution is 2.10. The number of carbonyl (C=O) groups excluding carboxylic acids is 3. The third-order valence-corrected chi connectivity index (χ3v) is 7.11. The van der Waals surface area contributed by atoms with Crippen LogP contribution < -0.4 is 16.0 Å². The molecule has 2 aromatic rings.